The maximum atomic E-state index is 13.9. The Labute approximate surface area is 242 Å². The molecule has 0 saturated heterocycles. The van der Waals surface area contributed by atoms with E-state index in [4.69, 9.17) is 15.2 Å². The first-order chi connectivity index (χ1) is 20.0. The molecule has 0 unspecified atom stereocenters. The molecule has 1 aromatic carbocycles. The smallest absolute Gasteiger partial charge is 0.267 e. The van der Waals surface area contributed by atoms with Gasteiger partial charge in [-0.15, -0.1) is 0 Å². The third kappa shape index (κ3) is 6.89. The summed E-state index contributed by atoms with van der Waals surface area (Å²) in [6.07, 6.45) is 5.12. The Morgan fingerprint density at radius 1 is 1.12 bits per heavy atom. The van der Waals surface area contributed by atoms with Crippen molar-refractivity contribution < 1.29 is 14.3 Å². The average Bonchev–Trinajstić information content (AvgIpc) is 2.98. The molecule has 0 fully saturated rings. The number of methoxy groups -OCH3 is 2. The van der Waals surface area contributed by atoms with Crippen molar-refractivity contribution in [2.45, 2.75) is 32.4 Å². The number of amides is 1. The molecule has 4 rings (SSSR count). The van der Waals surface area contributed by atoms with Gasteiger partial charge < -0.3 is 25.8 Å². The Balaban J connectivity index is 1.65. The molecule has 0 aliphatic carbocycles. The summed E-state index contributed by atoms with van der Waals surface area (Å²) >= 11 is 0. The summed E-state index contributed by atoms with van der Waals surface area (Å²) in [7, 11) is 4.81. The van der Waals surface area contributed by atoms with E-state index < -0.39 is 11.4 Å². The predicted octanol–water partition coefficient (Wildman–Crippen LogP) is 3.28. The fraction of sp³-hybridized carbons (Fsp3) is 0.267. The van der Waals surface area contributed by atoms with Crippen molar-refractivity contribution in [3.05, 3.63) is 76.4 Å². The molecular formula is C30H32N8O4. The molecule has 4 aromatic rings. The van der Waals surface area contributed by atoms with Gasteiger partial charge in [-0.1, -0.05) is 6.07 Å². The number of aryl methyl sites for hydroxylation is 2. The number of hydrogen-bond acceptors (Lipinski definition) is 10. The second-order valence-corrected chi connectivity index (χ2v) is 10.1. The zero-order chi connectivity index (χ0) is 30.4. The second kappa shape index (κ2) is 12.5. The summed E-state index contributed by atoms with van der Waals surface area (Å²) in [4.78, 5) is 39.5. The highest BCUT2D eigenvalue weighted by Gasteiger charge is 2.17. The van der Waals surface area contributed by atoms with Crippen molar-refractivity contribution in [3.8, 4) is 28.7 Å². The van der Waals surface area contributed by atoms with E-state index >= 15 is 0 Å². The normalized spacial score (nSPS) is 11.6. The van der Waals surface area contributed by atoms with Gasteiger partial charge in [-0.2, -0.15) is 10.2 Å². The number of nitriles is 1. The first-order valence-electron chi connectivity index (χ1n) is 13.0. The number of rotatable bonds is 10. The van der Waals surface area contributed by atoms with E-state index in [1.54, 1.807) is 88.5 Å². The molecule has 42 heavy (non-hydrogen) atoms. The van der Waals surface area contributed by atoms with Gasteiger partial charge in [0, 0.05) is 48.5 Å². The Kier molecular flexibility index (Phi) is 8.83. The van der Waals surface area contributed by atoms with Crippen molar-refractivity contribution in [2.75, 3.05) is 31.9 Å². The van der Waals surface area contributed by atoms with Gasteiger partial charge in [-0.3, -0.25) is 14.2 Å². The molecular weight excluding hydrogens is 536 g/mol. The lowest BCUT2D eigenvalue weighted by molar-refractivity contribution is -0.112. The Bertz CT molecular complexity index is 1730. The zero-order valence-corrected chi connectivity index (χ0v) is 24.1. The van der Waals surface area contributed by atoms with E-state index in [1.807, 2.05) is 6.07 Å². The lowest BCUT2D eigenvalue weighted by Crippen LogP contribution is -2.30. The number of nitrogens with zero attached hydrogens (tertiary/aromatic N) is 5. The van der Waals surface area contributed by atoms with Crippen LogP contribution in [0, 0.1) is 11.3 Å². The summed E-state index contributed by atoms with van der Waals surface area (Å²) in [5, 5.41) is 15.5. The predicted molar refractivity (Wildman–Crippen MR) is 160 cm³/mol. The quantitative estimate of drug-likeness (QED) is 0.191. The molecule has 1 amide bonds. The minimum atomic E-state index is -0.823. The Hall–Kier alpha value is -5.28. The number of nitrogens with one attached hydrogen (secondary N) is 2. The highest BCUT2D eigenvalue weighted by atomic mass is 16.5. The molecule has 12 heteroatoms. The summed E-state index contributed by atoms with van der Waals surface area (Å²) in [5.74, 6) is 1.18. The van der Waals surface area contributed by atoms with Gasteiger partial charge in [0.25, 0.3) is 11.5 Å². The van der Waals surface area contributed by atoms with E-state index in [9.17, 15) is 14.9 Å². The molecule has 0 aliphatic heterocycles. The number of pyridine rings is 2. The fourth-order valence-electron chi connectivity index (χ4n) is 4.25. The van der Waals surface area contributed by atoms with Crippen molar-refractivity contribution in [1.82, 2.24) is 19.5 Å². The summed E-state index contributed by atoms with van der Waals surface area (Å²) in [6.45, 7) is 3.67. The third-order valence-electron chi connectivity index (χ3n) is 6.28. The molecule has 216 valence electrons. The SMILES string of the molecule is CNc1ncc2cc(-c3cc(OC)cc(OC)c3)c(=O)n(CCc3ccc(NC(=O)C(C#N)=CC(C)(C)N)nc3)c2n1. The number of fused-ring (bicyclic) bond motifs is 1. The number of nitrogens with two attached hydrogens (primary N) is 1. The summed E-state index contributed by atoms with van der Waals surface area (Å²) in [6, 6.07) is 12.3. The highest BCUT2D eigenvalue weighted by Crippen LogP contribution is 2.29. The number of anilines is 2. The molecule has 0 bridgehead atoms. The minimum absolute atomic E-state index is 0.101. The van der Waals surface area contributed by atoms with Crippen LogP contribution in [0.15, 0.2) is 65.2 Å². The van der Waals surface area contributed by atoms with Crippen LogP contribution in [-0.2, 0) is 17.8 Å². The maximum Gasteiger partial charge on any atom is 0.267 e. The fourth-order valence-corrected chi connectivity index (χ4v) is 4.25. The van der Waals surface area contributed by atoms with Gasteiger partial charge in [0.1, 0.15) is 34.6 Å². The van der Waals surface area contributed by atoms with Crippen LogP contribution >= 0.6 is 0 Å². The van der Waals surface area contributed by atoms with E-state index in [-0.39, 0.29) is 17.0 Å². The molecule has 0 atom stereocenters. The molecule has 0 spiro atoms. The highest BCUT2D eigenvalue weighted by molar-refractivity contribution is 6.06. The third-order valence-corrected chi connectivity index (χ3v) is 6.28. The molecule has 0 radical (unpaired) electrons. The largest absolute Gasteiger partial charge is 0.497 e. The number of benzene rings is 1. The maximum absolute atomic E-state index is 13.9. The van der Waals surface area contributed by atoms with Crippen molar-refractivity contribution in [3.63, 3.8) is 0 Å². The minimum Gasteiger partial charge on any atom is -0.497 e. The number of aromatic nitrogens is 4. The average molecular weight is 569 g/mol. The standard InChI is InChI=1S/C30H32N8O4/c1-30(2,32)14-21(15-31)27(39)36-25-7-6-18(16-34-25)8-9-38-26-20(17-35-29(33-3)37-26)12-24(28(38)40)19-10-22(41-4)13-23(11-19)42-5/h6-7,10-14,16-17H,8-9,32H2,1-5H3,(H,33,35,37)(H,34,36,39). The molecule has 3 aromatic heterocycles. The Morgan fingerprint density at radius 2 is 1.83 bits per heavy atom. The van der Waals surface area contributed by atoms with Crippen molar-refractivity contribution in [2.24, 2.45) is 5.73 Å². The van der Waals surface area contributed by atoms with E-state index in [0.717, 1.165) is 5.56 Å². The van der Waals surface area contributed by atoms with Crippen LogP contribution in [-0.4, -0.2) is 52.2 Å². The molecule has 4 N–H and O–H groups in total. The van der Waals surface area contributed by atoms with Gasteiger partial charge >= 0.3 is 0 Å². The number of hydrogen-bond donors (Lipinski definition) is 3. The van der Waals surface area contributed by atoms with Crippen LogP contribution in [0.1, 0.15) is 19.4 Å². The number of carbonyl (C=O) groups excluding carboxylic acids is 1. The van der Waals surface area contributed by atoms with Crippen molar-refractivity contribution >= 4 is 28.7 Å². The first kappa shape index (κ1) is 29.7. The summed E-state index contributed by atoms with van der Waals surface area (Å²) in [5.41, 5.74) is 7.12. The lowest BCUT2D eigenvalue weighted by Gasteiger charge is -2.14. The topological polar surface area (TPSA) is 170 Å². The van der Waals surface area contributed by atoms with E-state index in [1.165, 1.54) is 6.08 Å². The first-order valence-corrected chi connectivity index (χ1v) is 13.0. The van der Waals surface area contributed by atoms with Gasteiger partial charge in [0.2, 0.25) is 5.95 Å². The van der Waals surface area contributed by atoms with Gasteiger partial charge in [0.05, 0.1) is 14.2 Å². The van der Waals surface area contributed by atoms with Crippen molar-refractivity contribution in [1.29, 1.82) is 5.26 Å². The van der Waals surface area contributed by atoms with Gasteiger partial charge in [0.15, 0.2) is 0 Å². The Morgan fingerprint density at radius 3 is 2.40 bits per heavy atom. The molecule has 3 heterocycles. The molecule has 0 saturated carbocycles. The second-order valence-electron chi connectivity index (χ2n) is 10.1. The molecule has 0 aliphatic rings. The van der Waals surface area contributed by atoms with Gasteiger partial charge in [-0.05, 0) is 61.7 Å². The van der Waals surface area contributed by atoms with Crippen LogP contribution in [0.3, 0.4) is 0 Å². The monoisotopic (exact) mass is 568 g/mol. The van der Waals surface area contributed by atoms with Crippen LogP contribution in [0.5, 0.6) is 11.5 Å². The van der Waals surface area contributed by atoms with E-state index in [2.05, 4.69) is 25.6 Å². The lowest BCUT2D eigenvalue weighted by atomic mass is 10.0. The summed E-state index contributed by atoms with van der Waals surface area (Å²) < 4.78 is 12.4. The van der Waals surface area contributed by atoms with Crippen LogP contribution in [0.25, 0.3) is 22.2 Å². The zero-order valence-electron chi connectivity index (χ0n) is 24.1. The molecule has 12 nitrogen and oxygen atoms in total. The van der Waals surface area contributed by atoms with Gasteiger partial charge in [-0.25, -0.2) is 9.97 Å². The van der Waals surface area contributed by atoms with Crippen LogP contribution in [0.2, 0.25) is 0 Å². The number of ether oxygens (including phenoxy) is 2. The van der Waals surface area contributed by atoms with E-state index in [0.29, 0.717) is 52.6 Å². The number of carbonyl (C=O) groups is 1. The van der Waals surface area contributed by atoms with Crippen LogP contribution < -0.4 is 31.4 Å². The van der Waals surface area contributed by atoms with Crippen LogP contribution in [0.4, 0.5) is 11.8 Å².